The van der Waals surface area contributed by atoms with Crippen LogP contribution in [0.3, 0.4) is 0 Å². The van der Waals surface area contributed by atoms with E-state index in [-0.39, 0.29) is 5.92 Å². The van der Waals surface area contributed by atoms with Gasteiger partial charge in [-0.25, -0.2) is 4.98 Å². The minimum atomic E-state index is -0.686. The molecule has 1 aromatic rings. The summed E-state index contributed by atoms with van der Waals surface area (Å²) in [7, 11) is 2.06. The van der Waals surface area contributed by atoms with Gasteiger partial charge in [0, 0.05) is 25.1 Å². The summed E-state index contributed by atoms with van der Waals surface area (Å²) in [5.74, 6) is 0.637. The highest BCUT2D eigenvalue weighted by molar-refractivity contribution is 5.70. The summed E-state index contributed by atoms with van der Waals surface area (Å²) in [5.41, 5.74) is 2.25. The maximum atomic E-state index is 11.1. The largest absolute Gasteiger partial charge is 0.481 e. The lowest BCUT2D eigenvalue weighted by atomic mass is 9.90. The van der Waals surface area contributed by atoms with Gasteiger partial charge in [-0.3, -0.25) is 4.79 Å². The summed E-state index contributed by atoms with van der Waals surface area (Å²) in [4.78, 5) is 15.8. The summed E-state index contributed by atoms with van der Waals surface area (Å²) < 4.78 is 2.19. The van der Waals surface area contributed by atoms with E-state index in [1.807, 2.05) is 0 Å². The van der Waals surface area contributed by atoms with Crippen LogP contribution in [0.25, 0.3) is 0 Å². The number of fused-ring (bicyclic) bond motifs is 1. The van der Waals surface area contributed by atoms with Gasteiger partial charge in [-0.15, -0.1) is 0 Å². The van der Waals surface area contributed by atoms with E-state index in [0.29, 0.717) is 12.3 Å². The normalized spacial score (nSPS) is 20.5. The lowest BCUT2D eigenvalue weighted by molar-refractivity contribution is -0.142. The molecule has 4 heteroatoms. The summed E-state index contributed by atoms with van der Waals surface area (Å²) >= 11 is 0. The number of carbonyl (C=O) groups is 1. The van der Waals surface area contributed by atoms with Gasteiger partial charge < -0.3 is 9.67 Å². The molecule has 2 rings (SSSR count). The molecule has 0 aliphatic heterocycles. The maximum Gasteiger partial charge on any atom is 0.306 e. The molecule has 1 N–H and O–H groups in total. The summed E-state index contributed by atoms with van der Waals surface area (Å²) in [6.45, 7) is 4.38. The first-order chi connectivity index (χ1) is 8.54. The van der Waals surface area contributed by atoms with Gasteiger partial charge in [0.05, 0.1) is 11.6 Å². The van der Waals surface area contributed by atoms with Crippen molar-refractivity contribution in [1.82, 2.24) is 9.55 Å². The molecular weight excluding hydrogens is 228 g/mol. The molecule has 0 fully saturated rings. The Morgan fingerprint density at radius 3 is 2.94 bits per heavy atom. The zero-order valence-corrected chi connectivity index (χ0v) is 11.4. The van der Waals surface area contributed by atoms with Crippen molar-refractivity contribution >= 4 is 5.97 Å². The molecule has 1 heterocycles. The van der Waals surface area contributed by atoms with E-state index < -0.39 is 5.97 Å². The first kappa shape index (κ1) is 13.1. The summed E-state index contributed by atoms with van der Waals surface area (Å²) in [5, 5.41) is 9.10. The summed E-state index contributed by atoms with van der Waals surface area (Å²) in [6, 6.07) is 0. The minimum absolute atomic E-state index is 0.248. The Kier molecular flexibility index (Phi) is 3.73. The van der Waals surface area contributed by atoms with Crippen LogP contribution in [-0.4, -0.2) is 20.6 Å². The Hall–Kier alpha value is -1.32. The molecule has 0 saturated carbocycles. The number of carboxylic acid groups (broad SMARTS) is 1. The van der Waals surface area contributed by atoms with Crippen LogP contribution >= 0.6 is 0 Å². The van der Waals surface area contributed by atoms with E-state index in [4.69, 9.17) is 10.1 Å². The monoisotopic (exact) mass is 250 g/mol. The van der Waals surface area contributed by atoms with E-state index in [9.17, 15) is 4.79 Å². The molecule has 0 spiro atoms. The molecule has 0 bridgehead atoms. The van der Waals surface area contributed by atoms with Crippen molar-refractivity contribution in [3.63, 3.8) is 0 Å². The van der Waals surface area contributed by atoms with E-state index in [0.717, 1.165) is 37.2 Å². The van der Waals surface area contributed by atoms with Crippen LogP contribution in [-0.2, 0) is 24.7 Å². The average Bonchev–Trinajstić information content (AvgIpc) is 2.66. The zero-order chi connectivity index (χ0) is 13.3. The van der Waals surface area contributed by atoms with E-state index in [2.05, 4.69) is 25.5 Å². The smallest absolute Gasteiger partial charge is 0.306 e. The molecule has 0 aromatic carbocycles. The molecule has 0 radical (unpaired) electrons. The van der Waals surface area contributed by atoms with Crippen molar-refractivity contribution < 1.29 is 9.90 Å². The number of aliphatic carboxylic acids is 1. The van der Waals surface area contributed by atoms with Crippen LogP contribution < -0.4 is 0 Å². The number of rotatable bonds is 4. The predicted molar refractivity (Wildman–Crippen MR) is 69.7 cm³/mol. The maximum absolute atomic E-state index is 11.1. The van der Waals surface area contributed by atoms with Gasteiger partial charge in [-0.05, 0) is 19.3 Å². The second-order valence-corrected chi connectivity index (χ2v) is 5.39. The fourth-order valence-corrected chi connectivity index (χ4v) is 2.95. The van der Waals surface area contributed by atoms with Crippen LogP contribution in [0, 0.1) is 5.92 Å². The third kappa shape index (κ3) is 2.28. The standard InChI is InChI=1S/C14H22N2O2/c1-4-5-9(2)13-15-11-8-10(14(17)18)6-7-12(11)16(13)3/h9-10H,4-8H2,1-3H3,(H,17,18). The second-order valence-electron chi connectivity index (χ2n) is 5.39. The number of carboxylic acids is 1. The van der Waals surface area contributed by atoms with Crippen molar-refractivity contribution in [2.45, 2.75) is 51.9 Å². The van der Waals surface area contributed by atoms with Gasteiger partial charge in [0.1, 0.15) is 5.82 Å². The molecule has 2 unspecified atom stereocenters. The second kappa shape index (κ2) is 5.12. The highest BCUT2D eigenvalue weighted by Gasteiger charge is 2.29. The SMILES string of the molecule is CCCC(C)c1nc2c(n1C)CCC(C(=O)O)C2. The molecule has 4 nitrogen and oxygen atoms in total. The average molecular weight is 250 g/mol. The number of imidazole rings is 1. The Balaban J connectivity index is 2.26. The van der Waals surface area contributed by atoms with E-state index in [1.54, 1.807) is 0 Å². The van der Waals surface area contributed by atoms with Gasteiger partial charge >= 0.3 is 5.97 Å². The third-order valence-electron chi connectivity index (χ3n) is 4.01. The molecular formula is C14H22N2O2. The molecule has 0 saturated heterocycles. The van der Waals surface area contributed by atoms with Crippen LogP contribution in [0.15, 0.2) is 0 Å². The first-order valence-corrected chi connectivity index (χ1v) is 6.81. The molecule has 1 aromatic heterocycles. The van der Waals surface area contributed by atoms with Crippen molar-refractivity contribution in [3.05, 3.63) is 17.2 Å². The summed E-state index contributed by atoms with van der Waals surface area (Å²) in [6.07, 6.45) is 4.46. The fourth-order valence-electron chi connectivity index (χ4n) is 2.95. The molecule has 1 aliphatic carbocycles. The van der Waals surface area contributed by atoms with Crippen LogP contribution in [0.4, 0.5) is 0 Å². The fraction of sp³-hybridized carbons (Fsp3) is 0.714. The van der Waals surface area contributed by atoms with Crippen LogP contribution in [0.5, 0.6) is 0 Å². The lowest BCUT2D eigenvalue weighted by Crippen LogP contribution is -2.22. The lowest BCUT2D eigenvalue weighted by Gasteiger charge is -2.18. The van der Waals surface area contributed by atoms with Crippen molar-refractivity contribution in [2.75, 3.05) is 0 Å². The van der Waals surface area contributed by atoms with E-state index in [1.165, 1.54) is 5.69 Å². The Morgan fingerprint density at radius 1 is 1.61 bits per heavy atom. The number of hydrogen-bond acceptors (Lipinski definition) is 2. The molecule has 100 valence electrons. The molecule has 1 aliphatic rings. The topological polar surface area (TPSA) is 55.1 Å². The van der Waals surface area contributed by atoms with Gasteiger partial charge in [-0.1, -0.05) is 20.3 Å². The van der Waals surface area contributed by atoms with Crippen molar-refractivity contribution in [2.24, 2.45) is 13.0 Å². The Labute approximate surface area is 108 Å². The van der Waals surface area contributed by atoms with Crippen LogP contribution in [0.2, 0.25) is 0 Å². The van der Waals surface area contributed by atoms with Gasteiger partial charge in [-0.2, -0.15) is 0 Å². The molecule has 0 amide bonds. The first-order valence-electron chi connectivity index (χ1n) is 6.81. The minimum Gasteiger partial charge on any atom is -0.481 e. The number of hydrogen-bond donors (Lipinski definition) is 1. The number of nitrogens with zero attached hydrogens (tertiary/aromatic N) is 2. The Morgan fingerprint density at radius 2 is 2.33 bits per heavy atom. The van der Waals surface area contributed by atoms with E-state index >= 15 is 0 Å². The van der Waals surface area contributed by atoms with Gasteiger partial charge in [0.2, 0.25) is 0 Å². The molecule has 2 atom stereocenters. The van der Waals surface area contributed by atoms with Crippen LogP contribution in [0.1, 0.15) is 56.2 Å². The quantitative estimate of drug-likeness (QED) is 0.893. The van der Waals surface area contributed by atoms with Gasteiger partial charge in [0.15, 0.2) is 0 Å². The Bertz CT molecular complexity index is 451. The van der Waals surface area contributed by atoms with Crippen molar-refractivity contribution in [1.29, 1.82) is 0 Å². The predicted octanol–water partition coefficient (Wildman–Crippen LogP) is 2.51. The highest BCUT2D eigenvalue weighted by Crippen LogP contribution is 2.29. The number of aromatic nitrogens is 2. The van der Waals surface area contributed by atoms with Crippen molar-refractivity contribution in [3.8, 4) is 0 Å². The highest BCUT2D eigenvalue weighted by atomic mass is 16.4. The zero-order valence-electron chi connectivity index (χ0n) is 11.4. The molecule has 18 heavy (non-hydrogen) atoms. The third-order valence-corrected chi connectivity index (χ3v) is 4.01. The van der Waals surface area contributed by atoms with Gasteiger partial charge in [0.25, 0.3) is 0 Å².